The molecule has 3 rings (SSSR count). The second-order valence-electron chi connectivity index (χ2n) is 4.64. The van der Waals surface area contributed by atoms with Crippen LogP contribution in [0, 0.1) is 5.82 Å². The number of hydrogen-bond donors (Lipinski definition) is 0. The van der Waals surface area contributed by atoms with Crippen molar-refractivity contribution in [2.75, 3.05) is 0 Å². The average Bonchev–Trinajstić information content (AvgIpc) is 2.57. The SMILES string of the molecule is O=C(Oc1ccc(F)cc1)c1cc(-c2cccc(Cl)c2)ncn1. The lowest BCUT2D eigenvalue weighted by atomic mass is 10.1. The number of ether oxygens (including phenoxy) is 1. The fourth-order valence-electron chi connectivity index (χ4n) is 1.94. The Hall–Kier alpha value is -2.79. The van der Waals surface area contributed by atoms with E-state index in [4.69, 9.17) is 16.3 Å². The lowest BCUT2D eigenvalue weighted by Gasteiger charge is -2.05. The van der Waals surface area contributed by atoms with Gasteiger partial charge in [-0.15, -0.1) is 0 Å². The molecule has 4 nitrogen and oxygen atoms in total. The topological polar surface area (TPSA) is 52.1 Å². The van der Waals surface area contributed by atoms with Crippen LogP contribution >= 0.6 is 11.6 Å². The lowest BCUT2D eigenvalue weighted by Crippen LogP contribution is -2.11. The summed E-state index contributed by atoms with van der Waals surface area (Å²) in [5, 5.41) is 0.566. The highest BCUT2D eigenvalue weighted by atomic mass is 35.5. The third-order valence-electron chi connectivity index (χ3n) is 3.02. The molecule has 0 atom stereocenters. The molecule has 0 N–H and O–H groups in total. The third kappa shape index (κ3) is 3.70. The van der Waals surface area contributed by atoms with Gasteiger partial charge in [0.1, 0.15) is 17.9 Å². The molecular formula is C17H10ClFN2O2. The van der Waals surface area contributed by atoms with Gasteiger partial charge in [0.15, 0.2) is 5.69 Å². The van der Waals surface area contributed by atoms with Gasteiger partial charge in [-0.05, 0) is 42.5 Å². The molecule has 23 heavy (non-hydrogen) atoms. The van der Waals surface area contributed by atoms with Crippen molar-refractivity contribution in [3.63, 3.8) is 0 Å². The number of aromatic nitrogens is 2. The average molecular weight is 329 g/mol. The van der Waals surface area contributed by atoms with Gasteiger partial charge in [0.25, 0.3) is 0 Å². The summed E-state index contributed by atoms with van der Waals surface area (Å²) in [5.41, 5.74) is 1.41. The summed E-state index contributed by atoms with van der Waals surface area (Å²) in [6, 6.07) is 13.8. The molecule has 0 amide bonds. The number of rotatable bonds is 3. The van der Waals surface area contributed by atoms with Gasteiger partial charge < -0.3 is 4.74 Å². The van der Waals surface area contributed by atoms with Crippen LogP contribution < -0.4 is 4.74 Å². The number of nitrogens with zero attached hydrogens (tertiary/aromatic N) is 2. The molecule has 0 aliphatic rings. The van der Waals surface area contributed by atoms with Crippen LogP contribution in [-0.4, -0.2) is 15.9 Å². The van der Waals surface area contributed by atoms with Crippen LogP contribution in [0.4, 0.5) is 4.39 Å². The van der Waals surface area contributed by atoms with Gasteiger partial charge in [0, 0.05) is 10.6 Å². The fourth-order valence-corrected chi connectivity index (χ4v) is 2.13. The lowest BCUT2D eigenvalue weighted by molar-refractivity contribution is 0.0728. The molecule has 3 aromatic rings. The summed E-state index contributed by atoms with van der Waals surface area (Å²) in [7, 11) is 0. The molecule has 0 aliphatic heterocycles. The zero-order valence-electron chi connectivity index (χ0n) is 11.7. The van der Waals surface area contributed by atoms with Crippen molar-refractivity contribution < 1.29 is 13.9 Å². The zero-order valence-corrected chi connectivity index (χ0v) is 12.5. The van der Waals surface area contributed by atoms with Crippen molar-refractivity contribution in [2.24, 2.45) is 0 Å². The van der Waals surface area contributed by atoms with Gasteiger partial charge >= 0.3 is 5.97 Å². The Morgan fingerprint density at radius 1 is 1.04 bits per heavy atom. The zero-order chi connectivity index (χ0) is 16.2. The molecule has 6 heteroatoms. The van der Waals surface area contributed by atoms with Crippen molar-refractivity contribution in [2.45, 2.75) is 0 Å². The minimum absolute atomic E-state index is 0.0966. The van der Waals surface area contributed by atoms with Gasteiger partial charge in [-0.25, -0.2) is 19.2 Å². The summed E-state index contributed by atoms with van der Waals surface area (Å²) in [4.78, 5) is 20.2. The molecule has 1 heterocycles. The Kier molecular flexibility index (Phi) is 4.30. The first-order valence-electron chi connectivity index (χ1n) is 6.67. The largest absolute Gasteiger partial charge is 0.422 e. The first-order valence-corrected chi connectivity index (χ1v) is 7.05. The maximum Gasteiger partial charge on any atom is 0.362 e. The summed E-state index contributed by atoms with van der Waals surface area (Å²) in [6.45, 7) is 0. The molecular weight excluding hydrogens is 319 g/mol. The quantitative estimate of drug-likeness (QED) is 0.535. The highest BCUT2D eigenvalue weighted by Gasteiger charge is 2.12. The molecule has 0 unspecified atom stereocenters. The van der Waals surface area contributed by atoms with E-state index in [9.17, 15) is 9.18 Å². The molecule has 0 bridgehead atoms. The van der Waals surface area contributed by atoms with E-state index in [2.05, 4.69) is 9.97 Å². The Morgan fingerprint density at radius 3 is 2.57 bits per heavy atom. The van der Waals surface area contributed by atoms with Crippen molar-refractivity contribution in [1.29, 1.82) is 0 Å². The number of halogens is 2. The Bertz CT molecular complexity index is 853. The van der Waals surface area contributed by atoms with Gasteiger partial charge in [-0.1, -0.05) is 23.7 Å². The predicted octanol–water partition coefficient (Wildman–Crippen LogP) is 4.16. The van der Waals surface area contributed by atoms with E-state index in [-0.39, 0.29) is 11.4 Å². The van der Waals surface area contributed by atoms with Crippen LogP contribution in [0.3, 0.4) is 0 Å². The first-order chi connectivity index (χ1) is 11.1. The number of carbonyl (C=O) groups is 1. The van der Waals surface area contributed by atoms with Crippen LogP contribution in [-0.2, 0) is 0 Å². The van der Waals surface area contributed by atoms with Gasteiger partial charge in [-0.3, -0.25) is 0 Å². The van der Waals surface area contributed by atoms with Gasteiger partial charge in [-0.2, -0.15) is 0 Å². The first kappa shape index (κ1) is 15.1. The number of carbonyl (C=O) groups excluding carboxylic acids is 1. The Balaban J connectivity index is 1.84. The van der Waals surface area contributed by atoms with Gasteiger partial charge in [0.05, 0.1) is 5.69 Å². The second-order valence-corrected chi connectivity index (χ2v) is 5.08. The predicted molar refractivity (Wildman–Crippen MR) is 83.8 cm³/mol. The van der Waals surface area contributed by atoms with E-state index in [0.717, 1.165) is 5.56 Å². The van der Waals surface area contributed by atoms with Crippen molar-refractivity contribution in [3.8, 4) is 17.0 Å². The number of benzene rings is 2. The van der Waals surface area contributed by atoms with E-state index in [0.29, 0.717) is 10.7 Å². The van der Waals surface area contributed by atoms with E-state index in [1.54, 1.807) is 18.2 Å². The normalized spacial score (nSPS) is 10.3. The molecule has 114 valence electrons. The fraction of sp³-hybridized carbons (Fsp3) is 0. The maximum absolute atomic E-state index is 12.8. The molecule has 0 saturated heterocycles. The highest BCUT2D eigenvalue weighted by molar-refractivity contribution is 6.30. The molecule has 1 aromatic heterocycles. The second kappa shape index (κ2) is 6.54. The molecule has 0 saturated carbocycles. The van der Waals surface area contributed by atoms with E-state index in [1.807, 2.05) is 6.07 Å². The molecule has 0 spiro atoms. The van der Waals surface area contributed by atoms with Crippen LogP contribution in [0.15, 0.2) is 60.9 Å². The minimum Gasteiger partial charge on any atom is -0.422 e. The Morgan fingerprint density at radius 2 is 1.83 bits per heavy atom. The molecule has 0 fully saturated rings. The van der Waals surface area contributed by atoms with Crippen molar-refractivity contribution in [3.05, 3.63) is 77.5 Å². The molecule has 2 aromatic carbocycles. The van der Waals surface area contributed by atoms with E-state index >= 15 is 0 Å². The Labute approximate surface area is 136 Å². The molecule has 0 aliphatic carbocycles. The van der Waals surface area contributed by atoms with Crippen molar-refractivity contribution in [1.82, 2.24) is 9.97 Å². The standard InChI is InChI=1S/C17H10ClFN2O2/c18-12-3-1-2-11(8-12)15-9-16(21-10-20-15)17(22)23-14-6-4-13(19)5-7-14/h1-10H. The summed E-state index contributed by atoms with van der Waals surface area (Å²) >= 11 is 5.95. The monoisotopic (exact) mass is 328 g/mol. The van der Waals surface area contributed by atoms with Crippen molar-refractivity contribution >= 4 is 17.6 Å². The maximum atomic E-state index is 12.8. The summed E-state index contributed by atoms with van der Waals surface area (Å²) in [6.07, 6.45) is 1.28. The van der Waals surface area contributed by atoms with Crippen LogP contribution in [0.5, 0.6) is 5.75 Å². The molecule has 0 radical (unpaired) electrons. The van der Waals surface area contributed by atoms with Crippen LogP contribution in [0.1, 0.15) is 10.5 Å². The van der Waals surface area contributed by atoms with Crippen LogP contribution in [0.2, 0.25) is 5.02 Å². The van der Waals surface area contributed by atoms with Crippen LogP contribution in [0.25, 0.3) is 11.3 Å². The smallest absolute Gasteiger partial charge is 0.362 e. The van der Waals surface area contributed by atoms with E-state index < -0.39 is 11.8 Å². The number of hydrogen-bond acceptors (Lipinski definition) is 4. The number of esters is 1. The summed E-state index contributed by atoms with van der Waals surface area (Å²) < 4.78 is 18.0. The van der Waals surface area contributed by atoms with Gasteiger partial charge in [0.2, 0.25) is 0 Å². The van der Waals surface area contributed by atoms with E-state index in [1.165, 1.54) is 36.7 Å². The minimum atomic E-state index is -0.651. The third-order valence-corrected chi connectivity index (χ3v) is 3.26. The summed E-state index contributed by atoms with van der Waals surface area (Å²) in [5.74, 6) is -0.823. The highest BCUT2D eigenvalue weighted by Crippen LogP contribution is 2.21.